The summed E-state index contributed by atoms with van der Waals surface area (Å²) in [5.41, 5.74) is 9.25. The number of carbonyl (C=O) groups is 2. The van der Waals surface area contributed by atoms with Crippen LogP contribution < -0.4 is 16.5 Å². The number of hydrogen-bond donors (Lipinski definition) is 3. The second-order valence-electron chi connectivity index (χ2n) is 6.00. The molecule has 0 unspecified atom stereocenters. The molecular weight excluding hydrogens is 386 g/mol. The molecule has 0 aliphatic heterocycles. The lowest BCUT2D eigenvalue weighted by atomic mass is 10.1. The van der Waals surface area contributed by atoms with Gasteiger partial charge in [0.15, 0.2) is 0 Å². The number of benzene rings is 2. The average molecular weight is 404 g/mol. The SMILES string of the molecule is C/C(CC(=O)Nc1cccc(Cl)c1C)=N\NC(=O)c1cc(N)cc([N+](=O)[O-])c1. The van der Waals surface area contributed by atoms with Crippen LogP contribution in [0.4, 0.5) is 17.1 Å². The van der Waals surface area contributed by atoms with E-state index in [1.807, 2.05) is 0 Å². The second kappa shape index (κ2) is 8.96. The molecule has 0 saturated carbocycles. The van der Waals surface area contributed by atoms with E-state index in [1.54, 1.807) is 32.0 Å². The first kappa shape index (κ1) is 20.8. The van der Waals surface area contributed by atoms with Gasteiger partial charge in [-0.05, 0) is 37.6 Å². The molecule has 4 N–H and O–H groups in total. The van der Waals surface area contributed by atoms with E-state index >= 15 is 0 Å². The minimum atomic E-state index is -0.680. The van der Waals surface area contributed by atoms with Crippen molar-refractivity contribution in [3.05, 3.63) is 62.7 Å². The van der Waals surface area contributed by atoms with E-state index in [0.717, 1.165) is 17.7 Å². The summed E-state index contributed by atoms with van der Waals surface area (Å²) in [7, 11) is 0. The third-order valence-electron chi connectivity index (χ3n) is 3.72. The number of carbonyl (C=O) groups excluding carboxylic acids is 2. The molecular formula is C18H18ClN5O4. The molecule has 0 atom stereocenters. The average Bonchev–Trinajstić information content (AvgIpc) is 2.62. The first-order valence-electron chi connectivity index (χ1n) is 8.11. The summed E-state index contributed by atoms with van der Waals surface area (Å²) in [6, 6.07) is 8.69. The van der Waals surface area contributed by atoms with Crippen LogP contribution in [-0.2, 0) is 4.79 Å². The monoisotopic (exact) mass is 403 g/mol. The molecule has 0 fully saturated rings. The Bertz CT molecular complexity index is 974. The Kier molecular flexibility index (Phi) is 6.67. The second-order valence-corrected chi connectivity index (χ2v) is 6.40. The van der Waals surface area contributed by atoms with Crippen LogP contribution in [-0.4, -0.2) is 22.4 Å². The van der Waals surface area contributed by atoms with E-state index in [-0.39, 0.29) is 29.3 Å². The molecule has 0 saturated heterocycles. The van der Waals surface area contributed by atoms with Crippen molar-refractivity contribution in [2.45, 2.75) is 20.3 Å². The lowest BCUT2D eigenvalue weighted by Gasteiger charge is -2.09. The van der Waals surface area contributed by atoms with Crippen LogP contribution >= 0.6 is 11.6 Å². The Morgan fingerprint density at radius 2 is 2.00 bits per heavy atom. The summed E-state index contributed by atoms with van der Waals surface area (Å²) in [4.78, 5) is 34.4. The Labute approximate surface area is 165 Å². The molecule has 0 bridgehead atoms. The Morgan fingerprint density at radius 3 is 2.68 bits per heavy atom. The number of nitro benzene ring substituents is 1. The number of anilines is 2. The molecule has 2 aromatic rings. The minimum absolute atomic E-state index is 0.0118. The Hall–Kier alpha value is -3.46. The highest BCUT2D eigenvalue weighted by atomic mass is 35.5. The highest BCUT2D eigenvalue weighted by molar-refractivity contribution is 6.31. The van der Waals surface area contributed by atoms with Gasteiger partial charge >= 0.3 is 0 Å². The standard InChI is InChI=1S/C18H18ClN5O4/c1-10(6-17(25)21-16-5-3-4-15(19)11(16)2)22-23-18(26)12-7-13(20)9-14(8-12)24(27)28/h3-5,7-9H,6,20H2,1-2H3,(H,21,25)(H,23,26)/b22-10+. The Balaban J connectivity index is 2.00. The fraction of sp³-hybridized carbons (Fsp3) is 0.167. The summed E-state index contributed by atoms with van der Waals surface area (Å²) < 4.78 is 0. The van der Waals surface area contributed by atoms with Gasteiger partial charge in [0, 0.05) is 34.2 Å². The first-order valence-corrected chi connectivity index (χ1v) is 8.48. The van der Waals surface area contributed by atoms with E-state index in [1.165, 1.54) is 6.07 Å². The zero-order valence-corrected chi connectivity index (χ0v) is 15.9. The van der Waals surface area contributed by atoms with Crippen molar-refractivity contribution in [2.24, 2.45) is 5.10 Å². The maximum atomic E-state index is 12.1. The molecule has 0 radical (unpaired) electrons. The van der Waals surface area contributed by atoms with Crippen molar-refractivity contribution >= 4 is 46.2 Å². The van der Waals surface area contributed by atoms with Crippen molar-refractivity contribution in [3.63, 3.8) is 0 Å². The van der Waals surface area contributed by atoms with Crippen LogP contribution in [0.15, 0.2) is 41.5 Å². The highest BCUT2D eigenvalue weighted by Crippen LogP contribution is 2.23. The van der Waals surface area contributed by atoms with Gasteiger partial charge in [-0.2, -0.15) is 5.10 Å². The molecule has 146 valence electrons. The molecule has 9 nitrogen and oxygen atoms in total. The number of rotatable bonds is 6. The number of nitrogens with one attached hydrogen (secondary N) is 2. The van der Waals surface area contributed by atoms with Gasteiger partial charge in [-0.3, -0.25) is 19.7 Å². The summed E-state index contributed by atoms with van der Waals surface area (Å²) in [6.45, 7) is 3.34. The largest absolute Gasteiger partial charge is 0.399 e. The van der Waals surface area contributed by atoms with Crippen molar-refractivity contribution in [1.82, 2.24) is 5.43 Å². The number of nitrogen functional groups attached to an aromatic ring is 1. The number of hydrazone groups is 1. The third kappa shape index (κ3) is 5.52. The maximum Gasteiger partial charge on any atom is 0.272 e. The number of nitro groups is 1. The normalized spacial score (nSPS) is 11.0. The quantitative estimate of drug-likeness (QED) is 0.294. The Morgan fingerprint density at radius 1 is 1.29 bits per heavy atom. The lowest BCUT2D eigenvalue weighted by molar-refractivity contribution is -0.384. The van der Waals surface area contributed by atoms with E-state index in [9.17, 15) is 19.7 Å². The fourth-order valence-electron chi connectivity index (χ4n) is 2.29. The van der Waals surface area contributed by atoms with Gasteiger partial charge < -0.3 is 11.1 Å². The number of nitrogens with two attached hydrogens (primary N) is 1. The van der Waals surface area contributed by atoms with Gasteiger partial charge in [-0.1, -0.05) is 17.7 Å². The molecule has 0 aliphatic carbocycles. The van der Waals surface area contributed by atoms with Gasteiger partial charge in [-0.25, -0.2) is 5.43 Å². The van der Waals surface area contributed by atoms with Crippen LogP contribution in [0.1, 0.15) is 29.3 Å². The van der Waals surface area contributed by atoms with E-state index in [2.05, 4.69) is 15.8 Å². The fourth-order valence-corrected chi connectivity index (χ4v) is 2.47. The van der Waals surface area contributed by atoms with Gasteiger partial charge in [0.05, 0.1) is 16.9 Å². The van der Waals surface area contributed by atoms with E-state index < -0.39 is 10.8 Å². The molecule has 2 amide bonds. The van der Waals surface area contributed by atoms with Crippen LogP contribution in [0, 0.1) is 17.0 Å². The third-order valence-corrected chi connectivity index (χ3v) is 4.13. The van der Waals surface area contributed by atoms with Crippen LogP contribution in [0.2, 0.25) is 5.02 Å². The summed E-state index contributed by atoms with van der Waals surface area (Å²) in [5.74, 6) is -1.01. The van der Waals surface area contributed by atoms with Crippen molar-refractivity contribution in [1.29, 1.82) is 0 Å². The predicted molar refractivity (Wildman–Crippen MR) is 108 cm³/mol. The van der Waals surface area contributed by atoms with E-state index in [0.29, 0.717) is 16.4 Å². The van der Waals surface area contributed by atoms with Crippen LogP contribution in [0.3, 0.4) is 0 Å². The molecule has 0 heterocycles. The van der Waals surface area contributed by atoms with Gasteiger partial charge in [0.25, 0.3) is 11.6 Å². The summed E-state index contributed by atoms with van der Waals surface area (Å²) in [5, 5.41) is 17.9. The van der Waals surface area contributed by atoms with Gasteiger partial charge in [0.2, 0.25) is 5.91 Å². The number of non-ortho nitro benzene ring substituents is 1. The molecule has 2 aromatic carbocycles. The van der Waals surface area contributed by atoms with Gasteiger partial charge in [0.1, 0.15) is 0 Å². The predicted octanol–water partition coefficient (Wildman–Crippen LogP) is 3.27. The summed E-state index contributed by atoms with van der Waals surface area (Å²) >= 11 is 6.01. The topological polar surface area (TPSA) is 140 Å². The zero-order valence-electron chi connectivity index (χ0n) is 15.2. The molecule has 10 heteroatoms. The van der Waals surface area contributed by atoms with Gasteiger partial charge in [-0.15, -0.1) is 0 Å². The lowest BCUT2D eigenvalue weighted by Crippen LogP contribution is -2.22. The molecule has 0 aromatic heterocycles. The minimum Gasteiger partial charge on any atom is -0.399 e. The maximum absolute atomic E-state index is 12.1. The molecule has 0 spiro atoms. The van der Waals surface area contributed by atoms with Crippen LogP contribution in [0.25, 0.3) is 0 Å². The smallest absolute Gasteiger partial charge is 0.272 e. The van der Waals surface area contributed by atoms with Crippen molar-refractivity contribution in [2.75, 3.05) is 11.1 Å². The number of nitrogens with zero attached hydrogens (tertiary/aromatic N) is 2. The van der Waals surface area contributed by atoms with E-state index in [4.69, 9.17) is 17.3 Å². The first-order chi connectivity index (χ1) is 13.2. The summed E-state index contributed by atoms with van der Waals surface area (Å²) in [6.07, 6.45) is -0.0662. The number of hydrogen-bond acceptors (Lipinski definition) is 6. The zero-order chi connectivity index (χ0) is 20.8. The highest BCUT2D eigenvalue weighted by Gasteiger charge is 2.14. The van der Waals surface area contributed by atoms with Crippen molar-refractivity contribution in [3.8, 4) is 0 Å². The molecule has 2 rings (SSSR count). The number of amides is 2. The van der Waals surface area contributed by atoms with Crippen LogP contribution in [0.5, 0.6) is 0 Å². The molecule has 0 aliphatic rings. The molecule has 28 heavy (non-hydrogen) atoms. The van der Waals surface area contributed by atoms with Crippen molar-refractivity contribution < 1.29 is 14.5 Å². The number of halogens is 1.